The van der Waals surface area contributed by atoms with Gasteiger partial charge in [-0.3, -0.25) is 9.59 Å². The molecule has 0 saturated heterocycles. The van der Waals surface area contributed by atoms with Crippen LogP contribution in [0.25, 0.3) is 11.3 Å². The summed E-state index contributed by atoms with van der Waals surface area (Å²) in [6.07, 6.45) is -9.27. The van der Waals surface area contributed by atoms with E-state index in [1.165, 1.54) is 5.38 Å². The van der Waals surface area contributed by atoms with Crippen LogP contribution in [0.3, 0.4) is 0 Å². The van der Waals surface area contributed by atoms with E-state index in [1.807, 2.05) is 24.3 Å². The number of carbonyl (C=O) groups excluding carboxylic acids is 1. The smallest absolute Gasteiger partial charge is 0.416 e. The number of thiazole rings is 1. The molecule has 1 unspecified atom stereocenters. The van der Waals surface area contributed by atoms with Gasteiger partial charge >= 0.3 is 18.3 Å². The normalized spacial score (nSPS) is 12.5. The van der Waals surface area contributed by atoms with Crippen molar-refractivity contribution in [1.29, 1.82) is 0 Å². The van der Waals surface area contributed by atoms with E-state index in [0.29, 0.717) is 34.4 Å². The van der Waals surface area contributed by atoms with Crippen LogP contribution in [0, 0.1) is 0 Å². The second kappa shape index (κ2) is 13.7. The minimum atomic E-state index is -4.99. The molecule has 4 aromatic rings. The van der Waals surface area contributed by atoms with Crippen molar-refractivity contribution in [3.05, 3.63) is 99.9 Å². The Morgan fingerprint density at radius 2 is 1.53 bits per heavy atom. The number of carboxylic acids is 1. The number of carbonyl (C=O) groups is 2. The summed E-state index contributed by atoms with van der Waals surface area (Å²) < 4.78 is 81.0. The molecule has 0 saturated carbocycles. The lowest BCUT2D eigenvalue weighted by atomic mass is 9.98. The van der Waals surface area contributed by atoms with Gasteiger partial charge in [-0.1, -0.05) is 38.1 Å². The standard InChI is InChI=1S/C32H29F6N3O3S/c1-3-19(2)21-8-10-26(11-9-21)41(17-20-4-6-22(7-5-20)29(44)39-13-12-28(42)43)30-40-27(18-45-30)23-14-24(31(33,34)35)16-25(15-23)32(36,37)38/h4-11,14-16,18-19H,3,12-13,17H2,1-2H3,(H,39,44)(H,42,43). The zero-order chi connectivity index (χ0) is 32.9. The Kier molecular flexibility index (Phi) is 10.2. The highest BCUT2D eigenvalue weighted by Gasteiger charge is 2.37. The monoisotopic (exact) mass is 649 g/mol. The van der Waals surface area contributed by atoms with Crippen LogP contribution in [-0.2, 0) is 23.7 Å². The van der Waals surface area contributed by atoms with Gasteiger partial charge in [0.2, 0.25) is 0 Å². The lowest BCUT2D eigenvalue weighted by Gasteiger charge is -2.23. The van der Waals surface area contributed by atoms with E-state index in [2.05, 4.69) is 24.1 Å². The molecule has 2 N–H and O–H groups in total. The van der Waals surface area contributed by atoms with E-state index >= 15 is 0 Å². The maximum Gasteiger partial charge on any atom is 0.416 e. The molecule has 13 heteroatoms. The molecule has 0 aliphatic rings. The molecule has 6 nitrogen and oxygen atoms in total. The number of nitrogens with zero attached hydrogens (tertiary/aromatic N) is 2. The largest absolute Gasteiger partial charge is 0.481 e. The van der Waals surface area contributed by atoms with Crippen molar-refractivity contribution in [1.82, 2.24) is 10.3 Å². The minimum absolute atomic E-state index is 0.0287. The van der Waals surface area contributed by atoms with Gasteiger partial charge in [-0.05, 0) is 65.9 Å². The van der Waals surface area contributed by atoms with Crippen LogP contribution in [0.4, 0.5) is 37.2 Å². The molecule has 45 heavy (non-hydrogen) atoms. The molecule has 3 aromatic carbocycles. The summed E-state index contributed by atoms with van der Waals surface area (Å²) in [5.41, 5.74) is -0.362. The first kappa shape index (κ1) is 33.5. The third-order valence-electron chi connectivity index (χ3n) is 7.17. The number of amides is 1. The zero-order valence-corrected chi connectivity index (χ0v) is 25.0. The van der Waals surface area contributed by atoms with Crippen molar-refractivity contribution in [2.24, 2.45) is 0 Å². The molecule has 238 valence electrons. The number of benzene rings is 3. The predicted octanol–water partition coefficient (Wildman–Crippen LogP) is 8.90. The highest BCUT2D eigenvalue weighted by Crippen LogP contribution is 2.40. The van der Waals surface area contributed by atoms with Gasteiger partial charge < -0.3 is 15.3 Å². The van der Waals surface area contributed by atoms with Crippen molar-refractivity contribution >= 4 is 34.0 Å². The SMILES string of the molecule is CCC(C)c1ccc(N(Cc2ccc(C(=O)NCCC(=O)O)cc2)c2nc(-c3cc(C(F)(F)F)cc(C(F)(F)F)c3)cs2)cc1. The Bertz CT molecular complexity index is 1600. The van der Waals surface area contributed by atoms with Crippen molar-refractivity contribution in [3.63, 3.8) is 0 Å². The first-order chi connectivity index (χ1) is 21.2. The Labute approximate surface area is 259 Å². The van der Waals surface area contributed by atoms with E-state index in [0.717, 1.165) is 28.9 Å². The van der Waals surface area contributed by atoms with Gasteiger partial charge in [0.1, 0.15) is 0 Å². The average molecular weight is 650 g/mol. The summed E-state index contributed by atoms with van der Waals surface area (Å²) in [6.45, 7) is 4.34. The Balaban J connectivity index is 1.68. The molecule has 0 radical (unpaired) electrons. The van der Waals surface area contributed by atoms with Gasteiger partial charge in [-0.15, -0.1) is 11.3 Å². The molecule has 0 bridgehead atoms. The fraction of sp³-hybridized carbons (Fsp3) is 0.281. The lowest BCUT2D eigenvalue weighted by molar-refractivity contribution is -0.143. The van der Waals surface area contributed by atoms with Gasteiger partial charge in [0.15, 0.2) is 5.13 Å². The summed E-state index contributed by atoms with van der Waals surface area (Å²) in [5, 5.41) is 13.0. The number of nitrogens with one attached hydrogen (secondary N) is 1. The summed E-state index contributed by atoms with van der Waals surface area (Å²) >= 11 is 1.07. The molecule has 4 rings (SSSR count). The molecule has 0 spiro atoms. The number of alkyl halides is 6. The van der Waals surface area contributed by atoms with Crippen molar-refractivity contribution in [2.45, 2.75) is 51.5 Å². The molecular weight excluding hydrogens is 620 g/mol. The lowest BCUT2D eigenvalue weighted by Crippen LogP contribution is -2.26. The van der Waals surface area contributed by atoms with Gasteiger partial charge in [-0.2, -0.15) is 26.3 Å². The van der Waals surface area contributed by atoms with E-state index in [-0.39, 0.29) is 36.8 Å². The average Bonchev–Trinajstić information content (AvgIpc) is 3.49. The van der Waals surface area contributed by atoms with Crippen molar-refractivity contribution in [3.8, 4) is 11.3 Å². The van der Waals surface area contributed by atoms with Gasteiger partial charge in [0.05, 0.1) is 29.8 Å². The van der Waals surface area contributed by atoms with Crippen LogP contribution in [0.2, 0.25) is 0 Å². The van der Waals surface area contributed by atoms with E-state index in [1.54, 1.807) is 29.2 Å². The predicted molar refractivity (Wildman–Crippen MR) is 160 cm³/mol. The Morgan fingerprint density at radius 3 is 2.07 bits per heavy atom. The fourth-order valence-electron chi connectivity index (χ4n) is 4.44. The summed E-state index contributed by atoms with van der Waals surface area (Å²) in [4.78, 5) is 29.3. The van der Waals surface area contributed by atoms with Gasteiger partial charge in [0, 0.05) is 28.7 Å². The molecule has 0 fully saturated rings. The van der Waals surface area contributed by atoms with Gasteiger partial charge in [-0.25, -0.2) is 4.98 Å². The molecule has 1 atom stereocenters. The molecule has 0 aliphatic carbocycles. The number of rotatable bonds is 11. The summed E-state index contributed by atoms with van der Waals surface area (Å²) in [7, 11) is 0. The van der Waals surface area contributed by atoms with Crippen molar-refractivity contribution in [2.75, 3.05) is 11.4 Å². The van der Waals surface area contributed by atoms with Crippen LogP contribution in [0.5, 0.6) is 0 Å². The molecular formula is C32H29F6N3O3S. The Hall–Kier alpha value is -4.39. The second-order valence-corrected chi connectivity index (χ2v) is 11.2. The quantitative estimate of drug-likeness (QED) is 0.159. The summed E-state index contributed by atoms with van der Waals surface area (Å²) in [5.74, 6) is -1.18. The highest BCUT2D eigenvalue weighted by atomic mass is 32.1. The number of aliphatic carboxylic acids is 1. The highest BCUT2D eigenvalue weighted by molar-refractivity contribution is 7.14. The number of anilines is 2. The van der Waals surface area contributed by atoms with E-state index in [4.69, 9.17) is 5.11 Å². The first-order valence-corrected chi connectivity index (χ1v) is 14.8. The van der Waals surface area contributed by atoms with E-state index < -0.39 is 35.4 Å². The molecule has 0 aliphatic heterocycles. The maximum absolute atomic E-state index is 13.5. The van der Waals surface area contributed by atoms with Crippen LogP contribution in [0.1, 0.15) is 65.2 Å². The molecule has 1 heterocycles. The maximum atomic E-state index is 13.5. The van der Waals surface area contributed by atoms with Crippen LogP contribution < -0.4 is 10.2 Å². The minimum Gasteiger partial charge on any atom is -0.481 e. The van der Waals surface area contributed by atoms with Crippen molar-refractivity contribution < 1.29 is 41.0 Å². The number of halogens is 6. The second-order valence-electron chi connectivity index (χ2n) is 10.4. The topological polar surface area (TPSA) is 82.5 Å². The molecule has 1 amide bonds. The third kappa shape index (κ3) is 8.62. The fourth-order valence-corrected chi connectivity index (χ4v) is 5.29. The summed E-state index contributed by atoms with van der Waals surface area (Å²) in [6, 6.07) is 15.6. The number of hydrogen-bond donors (Lipinski definition) is 2. The first-order valence-electron chi connectivity index (χ1n) is 13.9. The van der Waals surface area contributed by atoms with Crippen LogP contribution in [0.15, 0.2) is 72.1 Å². The Morgan fingerprint density at radius 1 is 0.933 bits per heavy atom. The number of carboxylic acid groups (broad SMARTS) is 1. The number of aromatic nitrogens is 1. The number of hydrogen-bond acceptors (Lipinski definition) is 5. The molecule has 1 aromatic heterocycles. The van der Waals surface area contributed by atoms with Crippen LogP contribution >= 0.6 is 11.3 Å². The van der Waals surface area contributed by atoms with Gasteiger partial charge in [0.25, 0.3) is 5.91 Å². The third-order valence-corrected chi connectivity index (χ3v) is 8.04. The zero-order valence-electron chi connectivity index (χ0n) is 24.2. The van der Waals surface area contributed by atoms with E-state index in [9.17, 15) is 35.9 Å². The van der Waals surface area contributed by atoms with Crippen LogP contribution in [-0.4, -0.2) is 28.5 Å².